The lowest BCUT2D eigenvalue weighted by Crippen LogP contribution is -2.38. The zero-order chi connectivity index (χ0) is 10.6. The lowest BCUT2D eigenvalue weighted by molar-refractivity contribution is 0.295. The van der Waals surface area contributed by atoms with Gasteiger partial charge in [0.25, 0.3) is 0 Å². The first-order valence-electron chi connectivity index (χ1n) is 5.37. The molecule has 14 heavy (non-hydrogen) atoms. The number of rotatable bonds is 1. The molecular weight excluding hydrogens is 178 g/mol. The molecule has 0 saturated carbocycles. The highest BCUT2D eigenvalue weighted by Gasteiger charge is 2.20. The minimum Gasteiger partial charge on any atom is -0.408 e. The van der Waals surface area contributed by atoms with Crippen LogP contribution < -0.4 is 5.73 Å². The molecular formula is C10H21N3O. The van der Waals surface area contributed by atoms with Crippen molar-refractivity contribution >= 4 is 5.96 Å². The predicted molar refractivity (Wildman–Crippen MR) is 57.2 cm³/mol. The van der Waals surface area contributed by atoms with Crippen molar-refractivity contribution in [2.75, 3.05) is 13.1 Å². The molecule has 0 radical (unpaired) electrons. The fourth-order valence-corrected chi connectivity index (χ4v) is 2.08. The Morgan fingerprint density at radius 1 is 1.43 bits per heavy atom. The Labute approximate surface area is 85.8 Å². The van der Waals surface area contributed by atoms with Gasteiger partial charge in [0.2, 0.25) is 5.96 Å². The van der Waals surface area contributed by atoms with Crippen LogP contribution in [-0.4, -0.2) is 29.2 Å². The molecule has 0 bridgehead atoms. The normalized spacial score (nSPS) is 25.2. The Balaban J connectivity index is 2.48. The lowest BCUT2D eigenvalue weighted by atomic mass is 9.89. The molecule has 4 heteroatoms. The van der Waals surface area contributed by atoms with Crippen LogP contribution >= 0.6 is 0 Å². The Bertz CT molecular complexity index is 204. The molecule has 0 aliphatic carbocycles. The summed E-state index contributed by atoms with van der Waals surface area (Å²) in [6, 6.07) is 0. The summed E-state index contributed by atoms with van der Waals surface area (Å²) in [6.07, 6.45) is 3.54. The fraction of sp³-hybridized carbons (Fsp3) is 0.900. The molecule has 1 unspecified atom stereocenters. The molecule has 3 N–H and O–H groups in total. The molecule has 1 aliphatic rings. The number of nitrogens with zero attached hydrogens (tertiary/aromatic N) is 2. The van der Waals surface area contributed by atoms with Crippen LogP contribution in [0.1, 0.15) is 33.1 Å². The quantitative estimate of drug-likeness (QED) is 0.291. The van der Waals surface area contributed by atoms with Gasteiger partial charge in [-0.2, -0.15) is 0 Å². The predicted octanol–water partition coefficient (Wildman–Crippen LogP) is 1.45. The smallest absolute Gasteiger partial charge is 0.233 e. The average Bonchev–Trinajstić information content (AvgIpc) is 2.41. The van der Waals surface area contributed by atoms with E-state index in [9.17, 15) is 0 Å². The molecule has 1 rings (SSSR count). The van der Waals surface area contributed by atoms with E-state index in [-0.39, 0.29) is 5.96 Å². The first-order chi connectivity index (χ1) is 6.65. The van der Waals surface area contributed by atoms with E-state index >= 15 is 0 Å². The molecule has 0 amide bonds. The third-order valence-electron chi connectivity index (χ3n) is 3.14. The van der Waals surface area contributed by atoms with Gasteiger partial charge in [-0.05, 0) is 31.1 Å². The van der Waals surface area contributed by atoms with Crippen molar-refractivity contribution < 1.29 is 5.21 Å². The number of nitrogens with two attached hydrogens (primary N) is 1. The maximum Gasteiger partial charge on any atom is 0.233 e. The third kappa shape index (κ3) is 2.79. The SMILES string of the molecule is CC(C)C1CCCN(/C(N)=N/O)CC1. The molecule has 1 saturated heterocycles. The van der Waals surface area contributed by atoms with E-state index in [1.807, 2.05) is 4.90 Å². The average molecular weight is 199 g/mol. The summed E-state index contributed by atoms with van der Waals surface area (Å²) < 4.78 is 0. The second-order valence-corrected chi connectivity index (χ2v) is 4.38. The van der Waals surface area contributed by atoms with Crippen LogP contribution in [0.5, 0.6) is 0 Å². The molecule has 1 fully saturated rings. The van der Waals surface area contributed by atoms with Gasteiger partial charge in [0.05, 0.1) is 0 Å². The van der Waals surface area contributed by atoms with Crippen LogP contribution in [0.4, 0.5) is 0 Å². The summed E-state index contributed by atoms with van der Waals surface area (Å²) in [6.45, 7) is 6.37. The molecule has 4 nitrogen and oxygen atoms in total. The van der Waals surface area contributed by atoms with Crippen molar-refractivity contribution in [1.82, 2.24) is 4.90 Å². The number of hydrogen-bond acceptors (Lipinski definition) is 2. The van der Waals surface area contributed by atoms with Crippen LogP contribution in [-0.2, 0) is 0 Å². The third-order valence-corrected chi connectivity index (χ3v) is 3.14. The van der Waals surface area contributed by atoms with Gasteiger partial charge >= 0.3 is 0 Å². The first kappa shape index (κ1) is 11.1. The number of oxime groups is 1. The minimum atomic E-state index is 0.259. The molecule has 0 aromatic carbocycles. The summed E-state index contributed by atoms with van der Waals surface area (Å²) >= 11 is 0. The van der Waals surface area contributed by atoms with E-state index in [0.29, 0.717) is 0 Å². The van der Waals surface area contributed by atoms with Gasteiger partial charge in [-0.3, -0.25) is 0 Å². The Kier molecular flexibility index (Phi) is 4.04. The monoisotopic (exact) mass is 199 g/mol. The Hall–Kier alpha value is -0.930. The van der Waals surface area contributed by atoms with Gasteiger partial charge < -0.3 is 15.8 Å². The van der Waals surface area contributed by atoms with Crippen molar-refractivity contribution in [3.8, 4) is 0 Å². The summed E-state index contributed by atoms with van der Waals surface area (Å²) in [5.41, 5.74) is 5.56. The lowest BCUT2D eigenvalue weighted by Gasteiger charge is -2.21. The van der Waals surface area contributed by atoms with Crippen LogP contribution in [0, 0.1) is 11.8 Å². The molecule has 1 heterocycles. The van der Waals surface area contributed by atoms with Gasteiger partial charge in [0.1, 0.15) is 0 Å². The summed E-state index contributed by atoms with van der Waals surface area (Å²) in [5.74, 6) is 1.78. The van der Waals surface area contributed by atoms with Gasteiger partial charge in [0.15, 0.2) is 0 Å². The fourth-order valence-electron chi connectivity index (χ4n) is 2.08. The highest BCUT2D eigenvalue weighted by atomic mass is 16.4. The number of hydrogen-bond donors (Lipinski definition) is 2. The zero-order valence-corrected chi connectivity index (χ0v) is 9.11. The van der Waals surface area contributed by atoms with E-state index in [1.165, 1.54) is 6.42 Å². The molecule has 0 spiro atoms. The number of likely N-dealkylation sites (tertiary alicyclic amines) is 1. The summed E-state index contributed by atoms with van der Waals surface area (Å²) in [4.78, 5) is 1.96. The van der Waals surface area contributed by atoms with Crippen molar-refractivity contribution in [3.05, 3.63) is 0 Å². The highest BCUT2D eigenvalue weighted by molar-refractivity contribution is 5.77. The van der Waals surface area contributed by atoms with Crippen LogP contribution in [0.2, 0.25) is 0 Å². The van der Waals surface area contributed by atoms with E-state index in [4.69, 9.17) is 10.9 Å². The molecule has 0 aromatic rings. The van der Waals surface area contributed by atoms with Gasteiger partial charge in [-0.15, -0.1) is 0 Å². The minimum absolute atomic E-state index is 0.259. The van der Waals surface area contributed by atoms with E-state index in [0.717, 1.165) is 37.8 Å². The molecule has 1 aliphatic heterocycles. The largest absolute Gasteiger partial charge is 0.408 e. The summed E-state index contributed by atoms with van der Waals surface area (Å²) in [5, 5.41) is 11.6. The van der Waals surface area contributed by atoms with Crippen molar-refractivity contribution in [3.63, 3.8) is 0 Å². The maximum absolute atomic E-state index is 8.58. The first-order valence-corrected chi connectivity index (χ1v) is 5.37. The standard InChI is InChI=1S/C10H21N3O/c1-8(2)9-4-3-6-13(7-5-9)10(11)12-14/h8-9,14H,3-7H2,1-2H3,(H2,11,12). The molecule has 0 aromatic heterocycles. The molecule has 1 atom stereocenters. The molecule has 82 valence electrons. The van der Waals surface area contributed by atoms with E-state index < -0.39 is 0 Å². The zero-order valence-electron chi connectivity index (χ0n) is 9.11. The second-order valence-electron chi connectivity index (χ2n) is 4.38. The Morgan fingerprint density at radius 2 is 2.14 bits per heavy atom. The Morgan fingerprint density at radius 3 is 2.71 bits per heavy atom. The van der Waals surface area contributed by atoms with Crippen LogP contribution in [0.25, 0.3) is 0 Å². The van der Waals surface area contributed by atoms with Gasteiger partial charge in [-0.25, -0.2) is 0 Å². The topological polar surface area (TPSA) is 61.8 Å². The second kappa shape index (κ2) is 5.08. The maximum atomic E-state index is 8.58. The number of guanidine groups is 1. The van der Waals surface area contributed by atoms with Crippen molar-refractivity contribution in [2.45, 2.75) is 33.1 Å². The van der Waals surface area contributed by atoms with Crippen molar-refractivity contribution in [2.24, 2.45) is 22.7 Å². The van der Waals surface area contributed by atoms with E-state index in [1.54, 1.807) is 0 Å². The summed E-state index contributed by atoms with van der Waals surface area (Å²) in [7, 11) is 0. The van der Waals surface area contributed by atoms with Gasteiger partial charge in [-0.1, -0.05) is 19.0 Å². The van der Waals surface area contributed by atoms with Gasteiger partial charge in [0, 0.05) is 13.1 Å². The van der Waals surface area contributed by atoms with Crippen molar-refractivity contribution in [1.29, 1.82) is 0 Å². The van der Waals surface area contributed by atoms with Crippen LogP contribution in [0.3, 0.4) is 0 Å². The highest BCUT2D eigenvalue weighted by Crippen LogP contribution is 2.24. The van der Waals surface area contributed by atoms with E-state index in [2.05, 4.69) is 19.0 Å². The van der Waals surface area contributed by atoms with Crippen LogP contribution in [0.15, 0.2) is 5.16 Å².